The lowest BCUT2D eigenvalue weighted by atomic mass is 10.0. The molecule has 11 heteroatoms. The van der Waals surface area contributed by atoms with Crippen molar-refractivity contribution in [3.8, 4) is 17.2 Å². The number of nitrogens with zero attached hydrogens (tertiary/aromatic N) is 2. The molecular weight excluding hydrogens is 456 g/mol. The zero-order valence-electron chi connectivity index (χ0n) is 18.2. The molecule has 2 amide bonds. The first-order valence-corrected chi connectivity index (χ1v) is 10.4. The standard InChI is InChI=1S/C23H22F4N4O3/c1-14(32)29-12-18-13-31(22(33)34-18)17-6-7-19(20(24)10-17)16-4-2-15(3-5-16)11-30-21(8-9-28)23(25,26)27/h2-7,10,18,21,30H,8,11-13H2,1H3,(H,29,32)/t18-,21?/m0/s1. The number of anilines is 1. The van der Waals surface area contributed by atoms with Crippen molar-refractivity contribution in [3.63, 3.8) is 0 Å². The number of cyclic esters (lactones) is 1. The minimum atomic E-state index is -4.54. The third-order valence-corrected chi connectivity index (χ3v) is 5.23. The van der Waals surface area contributed by atoms with Crippen LogP contribution in [0.4, 0.5) is 28.0 Å². The van der Waals surface area contributed by atoms with Crippen molar-refractivity contribution in [2.45, 2.75) is 38.2 Å². The minimum Gasteiger partial charge on any atom is -0.442 e. The van der Waals surface area contributed by atoms with Gasteiger partial charge in [-0.1, -0.05) is 24.3 Å². The highest BCUT2D eigenvalue weighted by Crippen LogP contribution is 2.29. The molecule has 7 nitrogen and oxygen atoms in total. The van der Waals surface area contributed by atoms with E-state index in [1.54, 1.807) is 30.3 Å². The Morgan fingerprint density at radius 3 is 2.56 bits per heavy atom. The number of nitrogens with one attached hydrogen (secondary N) is 2. The van der Waals surface area contributed by atoms with Crippen LogP contribution in [0.25, 0.3) is 11.1 Å². The van der Waals surface area contributed by atoms with Gasteiger partial charge < -0.3 is 15.4 Å². The molecule has 2 N–H and O–H groups in total. The number of alkyl halides is 3. The molecule has 3 rings (SSSR count). The van der Waals surface area contributed by atoms with Crippen LogP contribution < -0.4 is 15.5 Å². The lowest BCUT2D eigenvalue weighted by Crippen LogP contribution is -2.41. The maximum atomic E-state index is 14.8. The maximum Gasteiger partial charge on any atom is 0.414 e. The van der Waals surface area contributed by atoms with E-state index in [1.807, 2.05) is 0 Å². The van der Waals surface area contributed by atoms with Gasteiger partial charge in [0.1, 0.15) is 18.0 Å². The number of rotatable bonds is 8. The van der Waals surface area contributed by atoms with E-state index in [-0.39, 0.29) is 31.1 Å². The third-order valence-electron chi connectivity index (χ3n) is 5.23. The molecule has 180 valence electrons. The number of halogens is 4. The Hall–Kier alpha value is -3.65. The molecule has 0 radical (unpaired) electrons. The van der Waals surface area contributed by atoms with E-state index in [1.165, 1.54) is 30.0 Å². The smallest absolute Gasteiger partial charge is 0.414 e. The summed E-state index contributed by atoms with van der Waals surface area (Å²) in [7, 11) is 0. The average molecular weight is 478 g/mol. The topological polar surface area (TPSA) is 94.5 Å². The fourth-order valence-electron chi connectivity index (χ4n) is 3.44. The van der Waals surface area contributed by atoms with Crippen LogP contribution in [0.1, 0.15) is 18.9 Å². The molecule has 2 aromatic carbocycles. The molecule has 1 unspecified atom stereocenters. The highest BCUT2D eigenvalue weighted by Gasteiger charge is 2.39. The first kappa shape index (κ1) is 25.0. The van der Waals surface area contributed by atoms with Crippen LogP contribution in [0.5, 0.6) is 0 Å². The zero-order chi connectivity index (χ0) is 24.9. The summed E-state index contributed by atoms with van der Waals surface area (Å²) in [4.78, 5) is 24.4. The van der Waals surface area contributed by atoms with Crippen LogP contribution in [0, 0.1) is 17.1 Å². The minimum absolute atomic E-state index is 0.107. The molecule has 2 aromatic rings. The van der Waals surface area contributed by atoms with Gasteiger partial charge in [-0.05, 0) is 29.3 Å². The fourth-order valence-corrected chi connectivity index (χ4v) is 3.44. The quantitative estimate of drug-likeness (QED) is 0.562. The predicted molar refractivity (Wildman–Crippen MR) is 115 cm³/mol. The van der Waals surface area contributed by atoms with E-state index < -0.39 is 36.7 Å². The Labute approximate surface area is 193 Å². The Kier molecular flexibility index (Phi) is 7.73. The van der Waals surface area contributed by atoms with Crippen LogP contribution >= 0.6 is 0 Å². The zero-order valence-corrected chi connectivity index (χ0v) is 18.2. The average Bonchev–Trinajstić information content (AvgIpc) is 3.15. The van der Waals surface area contributed by atoms with Gasteiger partial charge in [0.15, 0.2) is 0 Å². The van der Waals surface area contributed by atoms with Crippen molar-refractivity contribution in [3.05, 3.63) is 53.8 Å². The number of benzene rings is 2. The molecule has 1 saturated heterocycles. The molecule has 1 aliphatic rings. The van der Waals surface area contributed by atoms with Crippen molar-refractivity contribution in [2.75, 3.05) is 18.0 Å². The molecule has 1 fully saturated rings. The van der Waals surface area contributed by atoms with Crippen molar-refractivity contribution in [1.29, 1.82) is 5.26 Å². The third kappa shape index (κ3) is 6.23. The fraction of sp³-hybridized carbons (Fsp3) is 0.348. The number of hydrogen-bond donors (Lipinski definition) is 2. The number of hydrogen-bond acceptors (Lipinski definition) is 5. The van der Waals surface area contributed by atoms with E-state index in [0.717, 1.165) is 0 Å². The normalized spacial score (nSPS) is 16.6. The van der Waals surface area contributed by atoms with Crippen LogP contribution in [0.3, 0.4) is 0 Å². The van der Waals surface area contributed by atoms with Crippen LogP contribution in [-0.2, 0) is 16.1 Å². The SMILES string of the molecule is CC(=O)NC[C@H]1CN(c2ccc(-c3ccc(CNC(CC#N)C(F)(F)F)cc3)c(F)c2)C(=O)O1. The van der Waals surface area contributed by atoms with Gasteiger partial charge in [-0.2, -0.15) is 18.4 Å². The molecule has 0 aliphatic carbocycles. The highest BCUT2D eigenvalue weighted by atomic mass is 19.4. The summed E-state index contributed by atoms with van der Waals surface area (Å²) < 4.78 is 58.7. The lowest BCUT2D eigenvalue weighted by Gasteiger charge is -2.19. The van der Waals surface area contributed by atoms with Crippen molar-refractivity contribution in [2.24, 2.45) is 0 Å². The Bertz CT molecular complexity index is 1080. The molecule has 0 saturated carbocycles. The summed E-state index contributed by atoms with van der Waals surface area (Å²) in [5.74, 6) is -0.846. The largest absolute Gasteiger partial charge is 0.442 e. The maximum absolute atomic E-state index is 14.8. The second-order valence-electron chi connectivity index (χ2n) is 7.75. The summed E-state index contributed by atoms with van der Waals surface area (Å²) in [6.45, 7) is 1.55. The van der Waals surface area contributed by atoms with E-state index >= 15 is 0 Å². The van der Waals surface area contributed by atoms with Gasteiger partial charge >= 0.3 is 12.3 Å². The van der Waals surface area contributed by atoms with E-state index in [0.29, 0.717) is 16.8 Å². The molecule has 0 bridgehead atoms. The summed E-state index contributed by atoms with van der Waals surface area (Å²) in [5, 5.41) is 13.5. The van der Waals surface area contributed by atoms with Gasteiger partial charge in [0, 0.05) is 19.0 Å². The summed E-state index contributed by atoms with van der Waals surface area (Å²) in [5.41, 5.74) is 1.60. The first-order valence-electron chi connectivity index (χ1n) is 10.4. The second-order valence-corrected chi connectivity index (χ2v) is 7.75. The van der Waals surface area contributed by atoms with Gasteiger partial charge in [-0.15, -0.1) is 0 Å². The summed E-state index contributed by atoms with van der Waals surface area (Å²) in [6.07, 6.45) is -6.43. The van der Waals surface area contributed by atoms with Gasteiger partial charge in [-0.25, -0.2) is 9.18 Å². The molecule has 34 heavy (non-hydrogen) atoms. The Morgan fingerprint density at radius 1 is 1.26 bits per heavy atom. The van der Waals surface area contributed by atoms with E-state index in [2.05, 4.69) is 10.6 Å². The van der Waals surface area contributed by atoms with Crippen molar-refractivity contribution < 1.29 is 31.9 Å². The van der Waals surface area contributed by atoms with Gasteiger partial charge in [0.05, 0.1) is 31.3 Å². The number of amides is 2. The number of ether oxygens (including phenoxy) is 1. The molecule has 0 spiro atoms. The number of carbonyl (C=O) groups is 2. The molecule has 2 atom stereocenters. The van der Waals surface area contributed by atoms with Gasteiger partial charge in [0.25, 0.3) is 0 Å². The first-order chi connectivity index (χ1) is 16.1. The predicted octanol–water partition coefficient (Wildman–Crippen LogP) is 3.89. The Morgan fingerprint density at radius 2 is 1.97 bits per heavy atom. The van der Waals surface area contributed by atoms with Gasteiger partial charge in [0.2, 0.25) is 5.91 Å². The van der Waals surface area contributed by atoms with E-state index in [9.17, 15) is 27.2 Å². The molecule has 0 aromatic heterocycles. The molecule has 1 heterocycles. The van der Waals surface area contributed by atoms with E-state index in [4.69, 9.17) is 10.00 Å². The monoisotopic (exact) mass is 478 g/mol. The summed E-state index contributed by atoms with van der Waals surface area (Å²) >= 11 is 0. The highest BCUT2D eigenvalue weighted by molar-refractivity contribution is 5.90. The van der Waals surface area contributed by atoms with Gasteiger partial charge in [-0.3, -0.25) is 9.69 Å². The second kappa shape index (κ2) is 10.5. The van der Waals surface area contributed by atoms with Crippen LogP contribution in [0.2, 0.25) is 0 Å². The molecule has 1 aliphatic heterocycles. The van der Waals surface area contributed by atoms with Crippen molar-refractivity contribution >= 4 is 17.7 Å². The lowest BCUT2D eigenvalue weighted by molar-refractivity contribution is -0.155. The molecular formula is C23H22F4N4O3. The van der Waals surface area contributed by atoms with Crippen molar-refractivity contribution in [1.82, 2.24) is 10.6 Å². The van der Waals surface area contributed by atoms with Crippen LogP contribution in [0.15, 0.2) is 42.5 Å². The summed E-state index contributed by atoms with van der Waals surface area (Å²) in [6, 6.07) is 10.1. The Balaban J connectivity index is 1.66. The van der Waals surface area contributed by atoms with Crippen LogP contribution in [-0.4, -0.2) is 43.4 Å². The number of carbonyl (C=O) groups excluding carboxylic acids is 2. The number of nitriles is 1.